The zero-order valence-corrected chi connectivity index (χ0v) is 11.9. The van der Waals surface area contributed by atoms with Gasteiger partial charge in [0.05, 0.1) is 16.6 Å². The third-order valence-electron chi connectivity index (χ3n) is 2.73. The van der Waals surface area contributed by atoms with Crippen molar-refractivity contribution in [3.63, 3.8) is 0 Å². The van der Waals surface area contributed by atoms with Crippen LogP contribution in [0.4, 0.5) is 11.6 Å². The van der Waals surface area contributed by atoms with E-state index < -0.39 is 0 Å². The average Bonchev–Trinajstić information content (AvgIpc) is 3.12. The number of pyridine rings is 1. The van der Waals surface area contributed by atoms with Gasteiger partial charge in [0.2, 0.25) is 5.91 Å². The number of nitrogen functional groups attached to an aromatic ring is 1. The van der Waals surface area contributed by atoms with Gasteiger partial charge < -0.3 is 15.6 Å². The van der Waals surface area contributed by atoms with E-state index in [4.69, 9.17) is 29.0 Å². The summed E-state index contributed by atoms with van der Waals surface area (Å²) >= 11 is 12.0. The highest BCUT2D eigenvalue weighted by Gasteiger charge is 2.24. The number of amides is 1. The van der Waals surface area contributed by atoms with Crippen LogP contribution >= 0.6 is 23.2 Å². The molecule has 1 aromatic heterocycles. The summed E-state index contributed by atoms with van der Waals surface area (Å²) in [6.45, 7) is 0.175. The van der Waals surface area contributed by atoms with Crippen LogP contribution in [0, 0.1) is 0 Å². The van der Waals surface area contributed by atoms with Crippen LogP contribution in [-0.4, -0.2) is 30.5 Å². The van der Waals surface area contributed by atoms with Gasteiger partial charge in [0.1, 0.15) is 5.82 Å². The fourth-order valence-electron chi connectivity index (χ4n) is 1.62. The number of likely N-dealkylation sites (N-methyl/N-ethyl adjacent to an activating group) is 1. The standard InChI is InChI=1S/C11H15Cl2N5O/c1-18(5-9(19)15-6-2-3-6)11-8(13)4-7(12)10(16-11)17-14/h4,6H,2-3,5,14H2,1H3,(H,15,19)(H,16,17). The third-order valence-corrected chi connectivity index (χ3v) is 3.30. The van der Waals surface area contributed by atoms with Crippen molar-refractivity contribution in [3.05, 3.63) is 16.1 Å². The van der Waals surface area contributed by atoms with Crippen molar-refractivity contribution in [2.45, 2.75) is 18.9 Å². The Morgan fingerprint density at radius 1 is 1.53 bits per heavy atom. The molecule has 0 atom stereocenters. The summed E-state index contributed by atoms with van der Waals surface area (Å²) < 4.78 is 0. The highest BCUT2D eigenvalue weighted by Crippen LogP contribution is 2.30. The zero-order chi connectivity index (χ0) is 14.0. The number of hydrogen-bond acceptors (Lipinski definition) is 5. The Labute approximate surface area is 121 Å². The summed E-state index contributed by atoms with van der Waals surface area (Å²) in [6, 6.07) is 1.87. The molecule has 0 radical (unpaired) electrons. The average molecular weight is 304 g/mol. The fraction of sp³-hybridized carbons (Fsp3) is 0.455. The lowest BCUT2D eigenvalue weighted by molar-refractivity contribution is -0.119. The van der Waals surface area contributed by atoms with Gasteiger partial charge in [-0.25, -0.2) is 10.8 Å². The molecule has 1 aliphatic rings. The molecule has 0 spiro atoms. The third kappa shape index (κ3) is 3.62. The van der Waals surface area contributed by atoms with E-state index in [9.17, 15) is 4.79 Å². The monoisotopic (exact) mass is 303 g/mol. The molecule has 0 bridgehead atoms. The van der Waals surface area contributed by atoms with Crippen LogP contribution in [0.3, 0.4) is 0 Å². The molecular formula is C11H15Cl2N5O. The summed E-state index contributed by atoms with van der Waals surface area (Å²) in [5, 5.41) is 3.59. The van der Waals surface area contributed by atoms with Crippen molar-refractivity contribution in [3.8, 4) is 0 Å². The van der Waals surface area contributed by atoms with E-state index in [0.717, 1.165) is 12.8 Å². The molecule has 1 aromatic rings. The van der Waals surface area contributed by atoms with Crippen molar-refractivity contribution in [1.82, 2.24) is 10.3 Å². The molecule has 1 fully saturated rings. The maximum atomic E-state index is 11.7. The van der Waals surface area contributed by atoms with Gasteiger partial charge in [-0.05, 0) is 18.9 Å². The summed E-state index contributed by atoms with van der Waals surface area (Å²) in [4.78, 5) is 17.6. The second-order valence-corrected chi connectivity index (χ2v) is 5.28. The first-order valence-electron chi connectivity index (χ1n) is 5.84. The van der Waals surface area contributed by atoms with Crippen LogP contribution in [0.25, 0.3) is 0 Å². The van der Waals surface area contributed by atoms with Gasteiger partial charge in [-0.3, -0.25) is 4.79 Å². The minimum atomic E-state index is -0.0555. The second kappa shape index (κ2) is 5.81. The van der Waals surface area contributed by atoms with Crippen LogP contribution in [0.15, 0.2) is 6.07 Å². The lowest BCUT2D eigenvalue weighted by Gasteiger charge is -2.20. The Hall–Kier alpha value is -1.24. The Balaban J connectivity index is 2.08. The number of hydrazine groups is 1. The molecule has 4 N–H and O–H groups in total. The highest BCUT2D eigenvalue weighted by molar-refractivity contribution is 6.37. The molecule has 1 saturated carbocycles. The van der Waals surface area contributed by atoms with Gasteiger partial charge >= 0.3 is 0 Å². The largest absolute Gasteiger partial charge is 0.352 e. The maximum absolute atomic E-state index is 11.7. The van der Waals surface area contributed by atoms with Gasteiger partial charge in [0.25, 0.3) is 0 Å². The van der Waals surface area contributed by atoms with Crippen molar-refractivity contribution in [1.29, 1.82) is 0 Å². The minimum Gasteiger partial charge on any atom is -0.352 e. The first-order valence-corrected chi connectivity index (χ1v) is 6.60. The molecule has 0 unspecified atom stereocenters. The summed E-state index contributed by atoms with van der Waals surface area (Å²) in [5.74, 6) is 6.02. The molecule has 0 aromatic carbocycles. The number of nitrogens with zero attached hydrogens (tertiary/aromatic N) is 2. The van der Waals surface area contributed by atoms with E-state index in [1.807, 2.05) is 0 Å². The van der Waals surface area contributed by atoms with E-state index in [1.165, 1.54) is 6.07 Å². The van der Waals surface area contributed by atoms with Gasteiger partial charge in [0, 0.05) is 13.1 Å². The molecule has 6 nitrogen and oxygen atoms in total. The van der Waals surface area contributed by atoms with E-state index >= 15 is 0 Å². The molecule has 0 aliphatic heterocycles. The lowest BCUT2D eigenvalue weighted by Crippen LogP contribution is -2.36. The SMILES string of the molecule is CN(CC(=O)NC1CC1)c1nc(NN)c(Cl)cc1Cl. The molecular weight excluding hydrogens is 289 g/mol. The van der Waals surface area contributed by atoms with Gasteiger partial charge in [0.15, 0.2) is 5.82 Å². The Bertz CT molecular complexity index is 492. The quantitative estimate of drug-likeness (QED) is 0.565. The van der Waals surface area contributed by atoms with E-state index in [2.05, 4.69) is 15.7 Å². The van der Waals surface area contributed by atoms with Crippen molar-refractivity contribution >= 4 is 40.7 Å². The highest BCUT2D eigenvalue weighted by atomic mass is 35.5. The van der Waals surface area contributed by atoms with Crippen molar-refractivity contribution < 1.29 is 4.79 Å². The number of nitrogens with one attached hydrogen (secondary N) is 2. The predicted octanol–water partition coefficient (Wildman–Crippen LogP) is 1.39. The number of nitrogens with two attached hydrogens (primary N) is 1. The molecule has 8 heteroatoms. The van der Waals surface area contributed by atoms with Crippen LogP contribution in [0.1, 0.15) is 12.8 Å². The molecule has 2 rings (SSSR count). The predicted molar refractivity (Wildman–Crippen MR) is 76.5 cm³/mol. The smallest absolute Gasteiger partial charge is 0.239 e. The van der Waals surface area contributed by atoms with Gasteiger partial charge in [-0.1, -0.05) is 23.2 Å². The lowest BCUT2D eigenvalue weighted by atomic mass is 10.4. The molecule has 19 heavy (non-hydrogen) atoms. The number of anilines is 2. The van der Waals surface area contributed by atoms with Gasteiger partial charge in [-0.15, -0.1) is 0 Å². The molecule has 1 amide bonds. The maximum Gasteiger partial charge on any atom is 0.239 e. The molecule has 104 valence electrons. The number of carbonyl (C=O) groups is 1. The fourth-order valence-corrected chi connectivity index (χ4v) is 2.17. The number of rotatable bonds is 5. The summed E-state index contributed by atoms with van der Waals surface area (Å²) in [7, 11) is 1.73. The number of aromatic nitrogens is 1. The minimum absolute atomic E-state index is 0.0555. The van der Waals surface area contributed by atoms with Crippen LogP contribution in [0.5, 0.6) is 0 Å². The summed E-state index contributed by atoms with van der Waals surface area (Å²) in [6.07, 6.45) is 2.10. The van der Waals surface area contributed by atoms with Crippen molar-refractivity contribution in [2.75, 3.05) is 23.9 Å². The first kappa shape index (κ1) is 14.2. The number of hydrogen-bond donors (Lipinski definition) is 3. The number of halogens is 2. The summed E-state index contributed by atoms with van der Waals surface area (Å²) in [5.41, 5.74) is 2.38. The second-order valence-electron chi connectivity index (χ2n) is 4.47. The van der Waals surface area contributed by atoms with E-state index in [1.54, 1.807) is 11.9 Å². The zero-order valence-electron chi connectivity index (χ0n) is 10.4. The van der Waals surface area contributed by atoms with Crippen LogP contribution in [-0.2, 0) is 4.79 Å². The topological polar surface area (TPSA) is 83.3 Å². The normalized spacial score (nSPS) is 14.1. The molecule has 0 saturated heterocycles. The van der Waals surface area contributed by atoms with Crippen LogP contribution < -0.4 is 21.5 Å². The Kier molecular flexibility index (Phi) is 4.34. The Morgan fingerprint density at radius 2 is 2.21 bits per heavy atom. The van der Waals surface area contributed by atoms with E-state index in [-0.39, 0.29) is 12.5 Å². The number of carbonyl (C=O) groups excluding carboxylic acids is 1. The Morgan fingerprint density at radius 3 is 2.79 bits per heavy atom. The van der Waals surface area contributed by atoms with Gasteiger partial charge in [-0.2, -0.15) is 0 Å². The van der Waals surface area contributed by atoms with Crippen molar-refractivity contribution in [2.24, 2.45) is 5.84 Å². The van der Waals surface area contributed by atoms with Crippen LogP contribution in [0.2, 0.25) is 10.0 Å². The first-order chi connectivity index (χ1) is 9.01. The molecule has 1 heterocycles. The van der Waals surface area contributed by atoms with E-state index in [0.29, 0.717) is 27.7 Å². The molecule has 1 aliphatic carbocycles.